The van der Waals surface area contributed by atoms with Gasteiger partial charge in [0.05, 0.1) is 11.6 Å². The van der Waals surface area contributed by atoms with Crippen molar-refractivity contribution >= 4 is 17.5 Å². The Morgan fingerprint density at radius 1 is 1.19 bits per heavy atom. The molecule has 0 aliphatic carbocycles. The van der Waals surface area contributed by atoms with E-state index in [-0.39, 0.29) is 0 Å². The van der Waals surface area contributed by atoms with Gasteiger partial charge in [0.15, 0.2) is 0 Å². The van der Waals surface area contributed by atoms with Crippen molar-refractivity contribution in [3.8, 4) is 6.07 Å². The normalized spacial score (nSPS) is 21.5. The Hall–Kier alpha value is -2.35. The lowest BCUT2D eigenvalue weighted by Crippen LogP contribution is -2.47. The lowest BCUT2D eigenvalue weighted by Gasteiger charge is -2.34. The van der Waals surface area contributed by atoms with Crippen LogP contribution in [0, 0.1) is 23.2 Å². The average molecular weight is 285 g/mol. The molecule has 1 aromatic rings. The smallest absolute Gasteiger partial charge is 0.313 e. The number of benzene rings is 1. The second kappa shape index (κ2) is 6.40. The number of likely N-dealkylation sites (tertiary alicyclic amines) is 1. The number of piperidine rings is 1. The summed E-state index contributed by atoms with van der Waals surface area (Å²) in [6.45, 7) is 5.44. The molecule has 1 aliphatic heterocycles. The van der Waals surface area contributed by atoms with Gasteiger partial charge < -0.3 is 10.2 Å². The fraction of sp³-hybridized carbons (Fsp3) is 0.438. The van der Waals surface area contributed by atoms with Crippen LogP contribution in [-0.2, 0) is 9.59 Å². The van der Waals surface area contributed by atoms with Gasteiger partial charge in [-0.3, -0.25) is 9.59 Å². The number of nitrogens with one attached hydrogen (secondary N) is 1. The fourth-order valence-electron chi connectivity index (χ4n) is 2.79. The first-order chi connectivity index (χ1) is 9.99. The van der Waals surface area contributed by atoms with Crippen LogP contribution in [0.1, 0.15) is 25.8 Å². The molecule has 2 unspecified atom stereocenters. The summed E-state index contributed by atoms with van der Waals surface area (Å²) in [4.78, 5) is 25.8. The Morgan fingerprint density at radius 3 is 2.29 bits per heavy atom. The lowest BCUT2D eigenvalue weighted by molar-refractivity contribution is -0.144. The quantitative estimate of drug-likeness (QED) is 0.802. The second-order valence-electron chi connectivity index (χ2n) is 5.80. The highest BCUT2D eigenvalue weighted by Gasteiger charge is 2.29. The van der Waals surface area contributed by atoms with Crippen molar-refractivity contribution in [1.29, 1.82) is 5.26 Å². The number of carbonyl (C=O) groups excluding carboxylic acids is 2. The van der Waals surface area contributed by atoms with E-state index in [1.165, 1.54) is 0 Å². The standard InChI is InChI=1S/C16H19N3O2/c1-11-7-12(2)10-19(9-11)16(21)15(20)18-14-5-3-13(8-17)4-6-14/h3-6,11-12H,7,9-10H2,1-2H3,(H,18,20). The van der Waals surface area contributed by atoms with Crippen LogP contribution >= 0.6 is 0 Å². The summed E-state index contributed by atoms with van der Waals surface area (Å²) in [7, 11) is 0. The van der Waals surface area contributed by atoms with E-state index in [1.54, 1.807) is 29.2 Å². The summed E-state index contributed by atoms with van der Waals surface area (Å²) < 4.78 is 0. The predicted octanol–water partition coefficient (Wildman–Crippen LogP) is 2.00. The Balaban J connectivity index is 1.99. The lowest BCUT2D eigenvalue weighted by atomic mass is 9.92. The van der Waals surface area contributed by atoms with Crippen molar-refractivity contribution in [2.24, 2.45) is 11.8 Å². The van der Waals surface area contributed by atoms with Crippen LogP contribution < -0.4 is 5.32 Å². The zero-order chi connectivity index (χ0) is 15.4. The number of anilines is 1. The molecule has 1 heterocycles. The maximum atomic E-state index is 12.2. The molecule has 5 heteroatoms. The molecule has 5 nitrogen and oxygen atoms in total. The molecule has 0 bridgehead atoms. The Kier molecular flexibility index (Phi) is 4.59. The average Bonchev–Trinajstić information content (AvgIpc) is 2.46. The molecular weight excluding hydrogens is 266 g/mol. The maximum Gasteiger partial charge on any atom is 0.313 e. The summed E-state index contributed by atoms with van der Waals surface area (Å²) in [6, 6.07) is 8.44. The number of nitrogens with zero attached hydrogens (tertiary/aromatic N) is 2. The van der Waals surface area contributed by atoms with E-state index in [9.17, 15) is 9.59 Å². The van der Waals surface area contributed by atoms with Crippen molar-refractivity contribution in [2.75, 3.05) is 18.4 Å². The molecule has 110 valence electrons. The van der Waals surface area contributed by atoms with Crippen molar-refractivity contribution in [3.63, 3.8) is 0 Å². The highest BCUT2D eigenvalue weighted by molar-refractivity contribution is 6.39. The Labute approximate surface area is 124 Å². The number of nitriles is 1. The van der Waals surface area contributed by atoms with E-state index >= 15 is 0 Å². The predicted molar refractivity (Wildman–Crippen MR) is 79.3 cm³/mol. The largest absolute Gasteiger partial charge is 0.334 e. The minimum atomic E-state index is -0.624. The first kappa shape index (κ1) is 15.0. The summed E-state index contributed by atoms with van der Waals surface area (Å²) in [6.07, 6.45) is 1.08. The van der Waals surface area contributed by atoms with E-state index in [2.05, 4.69) is 19.2 Å². The van der Waals surface area contributed by atoms with Gasteiger partial charge in [0.2, 0.25) is 0 Å². The van der Waals surface area contributed by atoms with Gasteiger partial charge in [0.25, 0.3) is 0 Å². The first-order valence-corrected chi connectivity index (χ1v) is 7.10. The van der Waals surface area contributed by atoms with Crippen LogP contribution in [0.2, 0.25) is 0 Å². The van der Waals surface area contributed by atoms with Crippen LogP contribution in [0.4, 0.5) is 5.69 Å². The minimum Gasteiger partial charge on any atom is -0.334 e. The van der Waals surface area contributed by atoms with Crippen LogP contribution in [0.15, 0.2) is 24.3 Å². The third-order valence-corrected chi connectivity index (χ3v) is 3.62. The van der Waals surface area contributed by atoms with Crippen molar-refractivity contribution < 1.29 is 9.59 Å². The second-order valence-corrected chi connectivity index (χ2v) is 5.80. The van der Waals surface area contributed by atoms with Crippen LogP contribution in [-0.4, -0.2) is 29.8 Å². The van der Waals surface area contributed by atoms with Crippen molar-refractivity contribution in [3.05, 3.63) is 29.8 Å². The van der Waals surface area contributed by atoms with Gasteiger partial charge in [-0.2, -0.15) is 5.26 Å². The maximum absolute atomic E-state index is 12.2. The van der Waals surface area contributed by atoms with E-state index < -0.39 is 11.8 Å². The highest BCUT2D eigenvalue weighted by atomic mass is 16.2. The number of rotatable bonds is 1. The molecule has 1 fully saturated rings. The molecule has 2 atom stereocenters. The summed E-state index contributed by atoms with van der Waals surface area (Å²) in [5.41, 5.74) is 1.03. The van der Waals surface area contributed by atoms with E-state index in [1.807, 2.05) is 6.07 Å². The first-order valence-electron chi connectivity index (χ1n) is 7.10. The molecule has 0 aromatic heterocycles. The van der Waals surface area contributed by atoms with Gasteiger partial charge in [-0.1, -0.05) is 13.8 Å². The molecule has 0 radical (unpaired) electrons. The molecule has 2 rings (SSSR count). The van der Waals surface area contributed by atoms with Crippen LogP contribution in [0.5, 0.6) is 0 Å². The number of hydrogen-bond acceptors (Lipinski definition) is 3. The van der Waals surface area contributed by atoms with Gasteiger partial charge >= 0.3 is 11.8 Å². The molecule has 2 amide bonds. The molecule has 0 spiro atoms. The minimum absolute atomic E-state index is 0.417. The van der Waals surface area contributed by atoms with Crippen molar-refractivity contribution in [2.45, 2.75) is 20.3 Å². The highest BCUT2D eigenvalue weighted by Crippen LogP contribution is 2.21. The van der Waals surface area contributed by atoms with Crippen LogP contribution in [0.25, 0.3) is 0 Å². The Bertz CT molecular complexity index is 564. The summed E-state index contributed by atoms with van der Waals surface area (Å²) >= 11 is 0. The molecule has 0 saturated carbocycles. The third kappa shape index (κ3) is 3.82. The fourth-order valence-corrected chi connectivity index (χ4v) is 2.79. The summed E-state index contributed by atoms with van der Waals surface area (Å²) in [5.74, 6) is -0.278. The molecular formula is C16H19N3O2. The zero-order valence-electron chi connectivity index (χ0n) is 12.3. The summed E-state index contributed by atoms with van der Waals surface area (Å²) in [5, 5.41) is 11.3. The number of carbonyl (C=O) groups is 2. The SMILES string of the molecule is CC1CC(C)CN(C(=O)C(=O)Nc2ccc(C#N)cc2)C1. The van der Waals surface area contributed by atoms with Crippen LogP contribution in [0.3, 0.4) is 0 Å². The van der Waals surface area contributed by atoms with E-state index in [0.29, 0.717) is 36.2 Å². The topological polar surface area (TPSA) is 73.2 Å². The van der Waals surface area contributed by atoms with Gasteiger partial charge in [0.1, 0.15) is 0 Å². The van der Waals surface area contributed by atoms with E-state index in [0.717, 1.165) is 6.42 Å². The number of amides is 2. The van der Waals surface area contributed by atoms with Gasteiger partial charge in [-0.15, -0.1) is 0 Å². The molecule has 1 saturated heterocycles. The Morgan fingerprint density at radius 2 is 1.76 bits per heavy atom. The molecule has 1 N–H and O–H groups in total. The molecule has 21 heavy (non-hydrogen) atoms. The van der Waals surface area contributed by atoms with E-state index in [4.69, 9.17) is 5.26 Å². The van der Waals surface area contributed by atoms with Gasteiger partial charge in [0, 0.05) is 18.8 Å². The van der Waals surface area contributed by atoms with Gasteiger partial charge in [-0.05, 0) is 42.5 Å². The van der Waals surface area contributed by atoms with Crippen molar-refractivity contribution in [1.82, 2.24) is 4.90 Å². The number of hydrogen-bond donors (Lipinski definition) is 1. The third-order valence-electron chi connectivity index (χ3n) is 3.62. The monoisotopic (exact) mass is 285 g/mol. The molecule has 1 aromatic carbocycles. The zero-order valence-corrected chi connectivity index (χ0v) is 12.3. The van der Waals surface area contributed by atoms with Gasteiger partial charge in [-0.25, -0.2) is 0 Å². The molecule has 1 aliphatic rings.